The number of imide groups is 1. The van der Waals surface area contributed by atoms with Gasteiger partial charge >= 0.3 is 5.69 Å². The van der Waals surface area contributed by atoms with Crippen molar-refractivity contribution in [3.8, 4) is 0 Å². The number of benzene rings is 1. The van der Waals surface area contributed by atoms with Crippen molar-refractivity contribution in [2.45, 2.75) is 126 Å². The molecular weight excluding hydrogens is 829 g/mol. The highest BCUT2D eigenvalue weighted by atomic mass is 19.3. The van der Waals surface area contributed by atoms with Crippen LogP contribution in [0.15, 0.2) is 53.7 Å². The van der Waals surface area contributed by atoms with Crippen molar-refractivity contribution < 1.29 is 32.6 Å². The third-order valence-electron chi connectivity index (χ3n) is 13.6. The molecule has 2 unspecified atom stereocenters. The number of rotatable bonds is 8. The fraction of sp³-hybridized carbons (Fsp3) is 0.578. The summed E-state index contributed by atoms with van der Waals surface area (Å²) in [6.45, 7) is 3.88. The van der Waals surface area contributed by atoms with Gasteiger partial charge < -0.3 is 24.6 Å². The van der Waals surface area contributed by atoms with Gasteiger partial charge in [0.15, 0.2) is 11.3 Å². The van der Waals surface area contributed by atoms with Crippen molar-refractivity contribution in [3.05, 3.63) is 70.7 Å². The Morgan fingerprint density at radius 1 is 0.922 bits per heavy atom. The number of nitrogens with zero attached hydrogens (tertiary/aromatic N) is 9. The van der Waals surface area contributed by atoms with Crippen LogP contribution in [-0.2, 0) is 26.1 Å². The van der Waals surface area contributed by atoms with Crippen molar-refractivity contribution >= 4 is 45.9 Å². The van der Waals surface area contributed by atoms with Crippen LogP contribution < -0.4 is 21.2 Å². The first-order valence-electron chi connectivity index (χ1n) is 22.8. The van der Waals surface area contributed by atoms with Crippen LogP contribution in [0.1, 0.15) is 118 Å². The summed E-state index contributed by atoms with van der Waals surface area (Å²) in [5, 5.41) is 13.2. The van der Waals surface area contributed by atoms with E-state index in [0.29, 0.717) is 36.4 Å². The maximum Gasteiger partial charge on any atom is 0.329 e. The van der Waals surface area contributed by atoms with Crippen LogP contribution >= 0.6 is 0 Å². The van der Waals surface area contributed by atoms with Gasteiger partial charge in [0.25, 0.3) is 12.3 Å². The highest BCUT2D eigenvalue weighted by Gasteiger charge is 2.40. The molecule has 4 aliphatic heterocycles. The number of morpholine rings is 1. The number of carbonyl (C=O) groups excluding carboxylic acids is 3. The van der Waals surface area contributed by atoms with Gasteiger partial charge in [-0.05, 0) is 83.0 Å². The molecule has 19 heteroatoms. The summed E-state index contributed by atoms with van der Waals surface area (Å²) in [5.74, 6) is -0.471. The zero-order valence-electron chi connectivity index (χ0n) is 36.4. The fourth-order valence-electron chi connectivity index (χ4n) is 9.69. The number of fused-ring (bicyclic) bond motifs is 4. The second kappa shape index (κ2) is 18.9. The molecule has 3 atom stereocenters. The number of hydrogen-bond donors (Lipinski definition) is 2. The lowest BCUT2D eigenvalue weighted by Gasteiger charge is -2.34. The van der Waals surface area contributed by atoms with Gasteiger partial charge in [0.05, 0.1) is 59.9 Å². The molecule has 2 bridgehead atoms. The summed E-state index contributed by atoms with van der Waals surface area (Å²) in [4.78, 5) is 57.7. The molecule has 11 rings (SSSR count). The normalized spacial score (nSPS) is 23.2. The number of hydrogen-bond acceptors (Lipinski definition) is 11. The molecule has 4 aromatic heterocycles. The zero-order chi connectivity index (χ0) is 44.5. The van der Waals surface area contributed by atoms with Gasteiger partial charge in [-0.1, -0.05) is 31.4 Å². The second-order valence-electron chi connectivity index (χ2n) is 17.9. The van der Waals surface area contributed by atoms with Gasteiger partial charge in [0.1, 0.15) is 17.4 Å². The number of nitrogens with one attached hydrogen (secondary N) is 2. The lowest BCUT2D eigenvalue weighted by atomic mass is 9.95. The van der Waals surface area contributed by atoms with Crippen LogP contribution in [0.3, 0.4) is 0 Å². The number of imidazole rings is 1. The highest BCUT2D eigenvalue weighted by molar-refractivity contribution is 6.08. The topological polar surface area (TPSA) is 175 Å². The molecule has 6 aliphatic rings. The van der Waals surface area contributed by atoms with Gasteiger partial charge in [-0.2, -0.15) is 10.2 Å². The molecule has 17 nitrogen and oxygen atoms in total. The highest BCUT2D eigenvalue weighted by Crippen LogP contribution is 2.34. The predicted molar refractivity (Wildman–Crippen MR) is 234 cm³/mol. The minimum absolute atomic E-state index is 0.0325. The van der Waals surface area contributed by atoms with E-state index in [2.05, 4.69) is 42.7 Å². The Bertz CT molecular complexity index is 2530. The summed E-state index contributed by atoms with van der Waals surface area (Å²) in [6, 6.07) is 8.93. The summed E-state index contributed by atoms with van der Waals surface area (Å²) in [7, 11) is 3.87. The maximum absolute atomic E-state index is 13.7. The van der Waals surface area contributed by atoms with E-state index in [0.717, 1.165) is 56.4 Å². The smallest absolute Gasteiger partial charge is 0.329 e. The predicted octanol–water partition coefficient (Wildman–Crippen LogP) is 5.57. The van der Waals surface area contributed by atoms with Crippen LogP contribution in [0.5, 0.6) is 0 Å². The number of aromatic nitrogens is 7. The van der Waals surface area contributed by atoms with Gasteiger partial charge in [0.2, 0.25) is 11.8 Å². The van der Waals surface area contributed by atoms with E-state index >= 15 is 0 Å². The van der Waals surface area contributed by atoms with E-state index in [1.807, 2.05) is 24.3 Å². The van der Waals surface area contributed by atoms with Crippen LogP contribution in [0.2, 0.25) is 0 Å². The fourth-order valence-corrected chi connectivity index (χ4v) is 9.69. The van der Waals surface area contributed by atoms with E-state index in [1.54, 1.807) is 24.0 Å². The third-order valence-corrected chi connectivity index (χ3v) is 13.6. The Hall–Kier alpha value is -5.53. The maximum atomic E-state index is 13.7. The molecule has 1 aromatic carbocycles. The van der Waals surface area contributed by atoms with Crippen LogP contribution in [-0.4, -0.2) is 114 Å². The number of amides is 3. The Labute approximate surface area is 369 Å². The number of carbonyl (C=O) groups is 3. The minimum atomic E-state index is -2.79. The lowest BCUT2D eigenvalue weighted by Crippen LogP contribution is -2.44. The molecule has 4 saturated heterocycles. The summed E-state index contributed by atoms with van der Waals surface area (Å²) in [5.41, 5.74) is 1.48. The number of halogens is 2. The van der Waals surface area contributed by atoms with Crippen molar-refractivity contribution in [1.82, 2.24) is 43.7 Å². The number of aryl methyl sites for hydroxylation is 1. The van der Waals surface area contributed by atoms with Crippen molar-refractivity contribution in [2.75, 3.05) is 43.5 Å². The largest absolute Gasteiger partial charge is 0.375 e. The second-order valence-corrected chi connectivity index (χ2v) is 17.9. The first-order chi connectivity index (χ1) is 31.0. The van der Waals surface area contributed by atoms with Crippen LogP contribution in [0, 0.1) is 0 Å². The number of alkyl halides is 2. The first-order valence-corrected chi connectivity index (χ1v) is 22.8. The molecule has 5 aromatic rings. The molecule has 3 amide bonds. The zero-order valence-corrected chi connectivity index (χ0v) is 36.4. The molecule has 64 heavy (non-hydrogen) atoms. The lowest BCUT2D eigenvalue weighted by molar-refractivity contribution is -0.135. The Kier molecular flexibility index (Phi) is 12.9. The number of para-hydroxylation sites is 2. The quantitative estimate of drug-likeness (QED) is 0.187. The van der Waals surface area contributed by atoms with Gasteiger partial charge in [-0.3, -0.25) is 33.5 Å². The monoisotopic (exact) mass is 885 g/mol. The molecule has 2 aliphatic carbocycles. The number of piperidine rings is 2. The van der Waals surface area contributed by atoms with E-state index < -0.39 is 30.0 Å². The molecule has 342 valence electrons. The number of likely N-dealkylation sites (tertiary alicyclic amines) is 1. The van der Waals surface area contributed by atoms with E-state index in [9.17, 15) is 28.0 Å². The third kappa shape index (κ3) is 9.19. The SMILES string of the molecule is CN1CCC(OC2CCC2)CC1.Cn1c(=O)n(C2CCC(=O)NC2=O)c2ccccc21.O=C(Nc1cn(C2CCCCC2)nc1C(F)F)c1cnn2ccc(N3C[C@H]4CC3CO4)nc12. The standard InChI is InChI=1S/C22H25F2N7O2.C13H13N3O3.C10H19NO/c23-20(24)19-17(11-31(28-19)13-4-2-1-3-5-13)26-22(32)16-9-25-30-7-6-18(27-21(16)30)29-10-15-8-14(29)12-33-15;1-15-8-4-2-3-5-9(8)16(13(15)19)10-6-7-11(17)14-12(10)18;1-11-7-5-10(6-8-11)12-9-3-2-4-9/h6-7,9,11,13-15,20H,1-5,8,10,12H2,(H,26,32);2-5,10H,6-7H2,1H3,(H,14,17,18);9-10H,2-8H2,1H3/t14?,15-;;/m1../s1. The minimum Gasteiger partial charge on any atom is -0.375 e. The summed E-state index contributed by atoms with van der Waals surface area (Å²) >= 11 is 0. The van der Waals surface area contributed by atoms with Crippen molar-refractivity contribution in [2.24, 2.45) is 7.05 Å². The average Bonchev–Trinajstić information content (AvgIpc) is 4.14. The van der Waals surface area contributed by atoms with Gasteiger partial charge in [0, 0.05) is 45.5 Å². The van der Waals surface area contributed by atoms with Crippen LogP contribution in [0.4, 0.5) is 20.3 Å². The number of anilines is 2. The first kappa shape index (κ1) is 43.7. The molecule has 8 heterocycles. The molecule has 0 spiro atoms. The molecule has 0 radical (unpaired) electrons. The van der Waals surface area contributed by atoms with Crippen LogP contribution in [0.25, 0.3) is 16.7 Å². The van der Waals surface area contributed by atoms with E-state index in [-0.39, 0.29) is 47.5 Å². The Morgan fingerprint density at radius 2 is 1.67 bits per heavy atom. The molecule has 2 saturated carbocycles. The molecule has 6 fully saturated rings. The van der Waals surface area contributed by atoms with Gasteiger partial charge in [-0.15, -0.1) is 0 Å². The van der Waals surface area contributed by atoms with E-state index in [1.165, 1.54) is 71.2 Å². The molecule has 2 N–H and O–H groups in total. The Balaban J connectivity index is 0.000000140. The Morgan fingerprint density at radius 3 is 2.34 bits per heavy atom. The van der Waals surface area contributed by atoms with E-state index in [4.69, 9.17) is 9.47 Å². The van der Waals surface area contributed by atoms with Crippen molar-refractivity contribution in [3.63, 3.8) is 0 Å². The number of ether oxygens (including phenoxy) is 2. The summed E-state index contributed by atoms with van der Waals surface area (Å²) in [6.07, 6.45) is 16.5. The summed E-state index contributed by atoms with van der Waals surface area (Å²) < 4.78 is 45.1. The van der Waals surface area contributed by atoms with Gasteiger partial charge in [-0.25, -0.2) is 23.1 Å². The molecular formula is C45H57F2N11O6. The average molecular weight is 886 g/mol. The van der Waals surface area contributed by atoms with Crippen molar-refractivity contribution in [1.29, 1.82) is 0 Å².